The van der Waals surface area contributed by atoms with Gasteiger partial charge in [-0.2, -0.15) is 0 Å². The van der Waals surface area contributed by atoms with E-state index in [1.165, 1.54) is 0 Å². The minimum Gasteiger partial charge on any atom is -0.490 e. The average molecular weight is 389 g/mol. The van der Waals surface area contributed by atoms with Crippen LogP contribution in [0.1, 0.15) is 19.8 Å². The quantitative estimate of drug-likeness (QED) is 0.805. The largest absolute Gasteiger partial charge is 0.490 e. The van der Waals surface area contributed by atoms with Gasteiger partial charge in [0.15, 0.2) is 6.10 Å². The number of hydrogen-bond acceptors (Lipinski definition) is 4. The highest BCUT2D eigenvalue weighted by Crippen LogP contribution is 2.22. The number of nitrogens with one attached hydrogen (secondary N) is 1. The summed E-state index contributed by atoms with van der Waals surface area (Å²) >= 11 is 5.93. The van der Waals surface area contributed by atoms with Gasteiger partial charge in [0.05, 0.1) is 0 Å². The summed E-state index contributed by atoms with van der Waals surface area (Å²) in [7, 11) is 2.13. The number of hydrogen-bond donors (Lipinski definition) is 1. The molecule has 27 heavy (non-hydrogen) atoms. The van der Waals surface area contributed by atoms with Crippen molar-refractivity contribution in [3.63, 3.8) is 0 Å². The molecule has 1 fully saturated rings. The molecule has 1 aliphatic rings. The molecule has 1 saturated heterocycles. The van der Waals surface area contributed by atoms with Gasteiger partial charge in [0.25, 0.3) is 5.91 Å². The number of benzene rings is 2. The van der Waals surface area contributed by atoms with Gasteiger partial charge in [-0.25, -0.2) is 0 Å². The van der Waals surface area contributed by atoms with E-state index in [0.29, 0.717) is 16.5 Å². The molecule has 2 aromatic carbocycles. The Bertz CT molecular complexity index is 758. The summed E-state index contributed by atoms with van der Waals surface area (Å²) in [5, 5.41) is 3.42. The molecule has 1 aliphatic heterocycles. The van der Waals surface area contributed by atoms with Gasteiger partial charge in [-0.3, -0.25) is 4.79 Å². The Labute approximate surface area is 165 Å². The van der Waals surface area contributed by atoms with Crippen molar-refractivity contribution in [2.24, 2.45) is 0 Å². The van der Waals surface area contributed by atoms with E-state index in [0.717, 1.165) is 31.7 Å². The molecular weight excluding hydrogens is 364 g/mol. The van der Waals surface area contributed by atoms with Crippen LogP contribution in [0.5, 0.6) is 11.5 Å². The number of carbonyl (C=O) groups excluding carboxylic acids is 1. The second-order valence-corrected chi connectivity index (χ2v) is 7.29. The third-order valence-electron chi connectivity index (χ3n) is 4.57. The Hall–Kier alpha value is -2.24. The smallest absolute Gasteiger partial charge is 0.265 e. The van der Waals surface area contributed by atoms with E-state index in [4.69, 9.17) is 21.1 Å². The zero-order valence-corrected chi connectivity index (χ0v) is 16.4. The van der Waals surface area contributed by atoms with Crippen LogP contribution < -0.4 is 14.8 Å². The summed E-state index contributed by atoms with van der Waals surface area (Å²) in [6.07, 6.45) is 1.69. The highest BCUT2D eigenvalue weighted by atomic mass is 35.5. The number of halogens is 1. The molecule has 0 aliphatic carbocycles. The topological polar surface area (TPSA) is 50.8 Å². The van der Waals surface area contributed by atoms with E-state index in [1.807, 2.05) is 24.3 Å². The Morgan fingerprint density at radius 3 is 2.52 bits per heavy atom. The molecular formula is C21H25ClN2O3. The van der Waals surface area contributed by atoms with Crippen LogP contribution in [0, 0.1) is 0 Å². The zero-order valence-electron chi connectivity index (χ0n) is 15.7. The predicted molar refractivity (Wildman–Crippen MR) is 108 cm³/mol. The maximum Gasteiger partial charge on any atom is 0.265 e. The van der Waals surface area contributed by atoms with Crippen molar-refractivity contribution in [3.8, 4) is 11.5 Å². The van der Waals surface area contributed by atoms with Crippen molar-refractivity contribution >= 4 is 23.2 Å². The van der Waals surface area contributed by atoms with E-state index in [1.54, 1.807) is 31.2 Å². The van der Waals surface area contributed by atoms with Gasteiger partial charge in [-0.15, -0.1) is 0 Å². The number of amides is 1. The molecule has 0 spiro atoms. The number of anilines is 1. The Morgan fingerprint density at radius 2 is 1.85 bits per heavy atom. The van der Waals surface area contributed by atoms with E-state index in [-0.39, 0.29) is 12.0 Å². The lowest BCUT2D eigenvalue weighted by molar-refractivity contribution is -0.122. The van der Waals surface area contributed by atoms with Crippen LogP contribution in [0.3, 0.4) is 0 Å². The highest BCUT2D eigenvalue weighted by Gasteiger charge is 2.18. The van der Waals surface area contributed by atoms with Crippen LogP contribution in [0.15, 0.2) is 48.5 Å². The number of likely N-dealkylation sites (tertiary alicyclic amines) is 1. The molecule has 0 saturated carbocycles. The molecule has 1 N–H and O–H groups in total. The summed E-state index contributed by atoms with van der Waals surface area (Å²) in [5.74, 6) is 1.16. The third kappa shape index (κ3) is 5.88. The standard InChI is InChI=1S/C21H25ClN2O3/c1-15(26-20-5-3-4-16(22)14-20)21(25)23-17-6-8-18(9-7-17)27-19-10-12-24(2)13-11-19/h3-9,14-15,19H,10-13H2,1-2H3,(H,23,25)/t15-/m0/s1. The molecule has 1 amide bonds. The van der Waals surface area contributed by atoms with Crippen molar-refractivity contribution in [1.82, 2.24) is 4.90 Å². The maximum atomic E-state index is 12.3. The molecule has 0 aromatic heterocycles. The van der Waals surface area contributed by atoms with Gasteiger partial charge in [0, 0.05) is 23.8 Å². The van der Waals surface area contributed by atoms with Gasteiger partial charge >= 0.3 is 0 Å². The van der Waals surface area contributed by atoms with Crippen LogP contribution in [0.4, 0.5) is 5.69 Å². The lowest BCUT2D eigenvalue weighted by atomic mass is 10.1. The van der Waals surface area contributed by atoms with Gasteiger partial charge in [0.1, 0.15) is 17.6 Å². The fraction of sp³-hybridized carbons (Fsp3) is 0.381. The van der Waals surface area contributed by atoms with Gasteiger partial charge in [0.2, 0.25) is 0 Å². The monoisotopic (exact) mass is 388 g/mol. The number of nitrogens with zero attached hydrogens (tertiary/aromatic N) is 1. The van der Waals surface area contributed by atoms with E-state index >= 15 is 0 Å². The number of ether oxygens (including phenoxy) is 2. The fourth-order valence-electron chi connectivity index (χ4n) is 2.95. The summed E-state index contributed by atoms with van der Waals surface area (Å²) in [6, 6.07) is 14.4. The summed E-state index contributed by atoms with van der Waals surface area (Å²) < 4.78 is 11.7. The highest BCUT2D eigenvalue weighted by molar-refractivity contribution is 6.30. The fourth-order valence-corrected chi connectivity index (χ4v) is 3.13. The first-order valence-corrected chi connectivity index (χ1v) is 9.56. The van der Waals surface area contributed by atoms with E-state index in [9.17, 15) is 4.79 Å². The SMILES string of the molecule is C[C@H](Oc1cccc(Cl)c1)C(=O)Nc1ccc(OC2CCN(C)CC2)cc1. The normalized spacial score (nSPS) is 16.6. The van der Waals surface area contributed by atoms with Crippen LogP contribution in [0.2, 0.25) is 5.02 Å². The number of piperidine rings is 1. The van der Waals surface area contributed by atoms with Crippen LogP contribution in [-0.4, -0.2) is 43.2 Å². The van der Waals surface area contributed by atoms with Crippen molar-refractivity contribution in [2.45, 2.75) is 32.0 Å². The Balaban J connectivity index is 1.50. The molecule has 0 unspecified atom stereocenters. The van der Waals surface area contributed by atoms with Gasteiger partial charge < -0.3 is 19.7 Å². The minimum absolute atomic E-state index is 0.223. The molecule has 6 heteroatoms. The van der Waals surface area contributed by atoms with E-state index in [2.05, 4.69) is 17.3 Å². The lowest BCUT2D eigenvalue weighted by Gasteiger charge is -2.29. The molecule has 144 valence electrons. The summed E-state index contributed by atoms with van der Waals surface area (Å²) in [6.45, 7) is 3.82. The van der Waals surface area contributed by atoms with E-state index < -0.39 is 6.10 Å². The van der Waals surface area contributed by atoms with Gasteiger partial charge in [-0.1, -0.05) is 17.7 Å². The molecule has 2 aromatic rings. The first-order chi connectivity index (χ1) is 13.0. The Morgan fingerprint density at radius 1 is 1.15 bits per heavy atom. The molecule has 3 rings (SSSR count). The summed E-state index contributed by atoms with van der Waals surface area (Å²) in [4.78, 5) is 14.6. The second-order valence-electron chi connectivity index (χ2n) is 6.85. The maximum absolute atomic E-state index is 12.3. The predicted octanol–water partition coefficient (Wildman–Crippen LogP) is 4.22. The molecule has 5 nitrogen and oxygen atoms in total. The molecule has 0 bridgehead atoms. The second kappa shape index (κ2) is 9.11. The molecule has 1 atom stereocenters. The lowest BCUT2D eigenvalue weighted by Crippen LogP contribution is -2.35. The molecule has 0 radical (unpaired) electrons. The Kier molecular flexibility index (Phi) is 6.58. The van der Waals surface area contributed by atoms with Crippen LogP contribution in [-0.2, 0) is 4.79 Å². The number of rotatable bonds is 6. The van der Waals surface area contributed by atoms with Crippen molar-refractivity contribution < 1.29 is 14.3 Å². The zero-order chi connectivity index (χ0) is 19.2. The number of carbonyl (C=O) groups is 1. The average Bonchev–Trinajstić information content (AvgIpc) is 2.65. The third-order valence-corrected chi connectivity index (χ3v) is 4.80. The first kappa shape index (κ1) is 19.5. The van der Waals surface area contributed by atoms with Crippen molar-refractivity contribution in [2.75, 3.05) is 25.5 Å². The van der Waals surface area contributed by atoms with Crippen LogP contribution >= 0.6 is 11.6 Å². The molecule has 1 heterocycles. The van der Waals surface area contributed by atoms with Gasteiger partial charge in [-0.05, 0) is 69.3 Å². The van der Waals surface area contributed by atoms with Crippen molar-refractivity contribution in [1.29, 1.82) is 0 Å². The first-order valence-electron chi connectivity index (χ1n) is 9.18. The van der Waals surface area contributed by atoms with Crippen LogP contribution in [0.25, 0.3) is 0 Å². The van der Waals surface area contributed by atoms with Crippen molar-refractivity contribution in [3.05, 3.63) is 53.6 Å². The minimum atomic E-state index is -0.640. The summed E-state index contributed by atoms with van der Waals surface area (Å²) in [5.41, 5.74) is 0.706.